The highest BCUT2D eigenvalue weighted by Crippen LogP contribution is 2.17. The Hall–Kier alpha value is -2.63. The Morgan fingerprint density at radius 1 is 0.309 bits per heavy atom. The molecule has 1 atom stereocenters. The van der Waals surface area contributed by atoms with Crippen molar-refractivity contribution in [1.29, 1.82) is 0 Å². The van der Waals surface area contributed by atoms with Gasteiger partial charge in [-0.1, -0.05) is 281 Å². The summed E-state index contributed by atoms with van der Waals surface area (Å²) in [5.74, 6) is -0.923. The third-order valence-corrected chi connectivity index (χ3v) is 13.1. The molecule has 0 aromatic carbocycles. The number of carbonyl (C=O) groups excluding carboxylic acids is 3. The number of hydrogen-bond donors (Lipinski definition) is 0. The van der Waals surface area contributed by atoms with Crippen molar-refractivity contribution >= 4 is 17.9 Å². The molecule has 0 spiro atoms. The first-order valence-electron chi connectivity index (χ1n) is 29.6. The van der Waals surface area contributed by atoms with Crippen LogP contribution in [0.2, 0.25) is 0 Å². The van der Waals surface area contributed by atoms with Crippen LogP contribution in [-0.4, -0.2) is 37.2 Å². The molecule has 0 saturated heterocycles. The second-order valence-electron chi connectivity index (χ2n) is 19.9. The van der Waals surface area contributed by atoms with Gasteiger partial charge in [-0.2, -0.15) is 0 Å². The normalized spacial score (nSPS) is 12.3. The van der Waals surface area contributed by atoms with E-state index in [2.05, 4.69) is 69.4 Å². The number of carbonyl (C=O) groups is 3. The van der Waals surface area contributed by atoms with Crippen molar-refractivity contribution in [3.63, 3.8) is 0 Å². The Balaban J connectivity index is 4.06. The molecule has 0 aromatic rings. The minimum Gasteiger partial charge on any atom is -0.462 e. The first-order valence-corrected chi connectivity index (χ1v) is 29.6. The number of unbranched alkanes of at least 4 members (excludes halogenated alkanes) is 35. The summed E-state index contributed by atoms with van der Waals surface area (Å²) in [7, 11) is 0. The minimum absolute atomic E-state index is 0.0865. The minimum atomic E-state index is -0.789. The van der Waals surface area contributed by atoms with Gasteiger partial charge in [0.2, 0.25) is 0 Å². The lowest BCUT2D eigenvalue weighted by Gasteiger charge is -2.18. The van der Waals surface area contributed by atoms with Gasteiger partial charge >= 0.3 is 17.9 Å². The fourth-order valence-corrected chi connectivity index (χ4v) is 8.67. The van der Waals surface area contributed by atoms with Crippen molar-refractivity contribution in [2.24, 2.45) is 0 Å². The Kier molecular flexibility index (Phi) is 54.8. The highest BCUT2D eigenvalue weighted by molar-refractivity contribution is 5.71. The zero-order valence-electron chi connectivity index (χ0n) is 45.4. The number of hydrogen-bond acceptors (Lipinski definition) is 6. The molecular formula is C62H112O6. The predicted molar refractivity (Wildman–Crippen MR) is 293 cm³/mol. The second kappa shape index (κ2) is 57.0. The van der Waals surface area contributed by atoms with E-state index in [0.717, 1.165) is 77.0 Å². The summed E-state index contributed by atoms with van der Waals surface area (Å²) < 4.78 is 16.7. The summed E-state index contributed by atoms with van der Waals surface area (Å²) in [6.07, 6.45) is 70.2. The van der Waals surface area contributed by atoms with Crippen molar-refractivity contribution in [1.82, 2.24) is 0 Å². The first-order chi connectivity index (χ1) is 33.5. The van der Waals surface area contributed by atoms with Gasteiger partial charge in [0.25, 0.3) is 0 Å². The molecule has 0 N–H and O–H groups in total. The molecule has 6 heteroatoms. The molecule has 0 saturated carbocycles. The fourth-order valence-electron chi connectivity index (χ4n) is 8.67. The molecule has 68 heavy (non-hydrogen) atoms. The number of ether oxygens (including phenoxy) is 3. The molecule has 396 valence electrons. The predicted octanol–water partition coefficient (Wildman–Crippen LogP) is 19.8. The lowest BCUT2D eigenvalue weighted by Crippen LogP contribution is -2.30. The first kappa shape index (κ1) is 65.4. The molecule has 0 aliphatic heterocycles. The second-order valence-corrected chi connectivity index (χ2v) is 19.9. The van der Waals surface area contributed by atoms with E-state index in [-0.39, 0.29) is 37.5 Å². The Labute approximate surface area is 422 Å². The zero-order valence-corrected chi connectivity index (χ0v) is 45.4. The van der Waals surface area contributed by atoms with Gasteiger partial charge in [-0.15, -0.1) is 0 Å². The number of esters is 3. The Morgan fingerprint density at radius 2 is 0.574 bits per heavy atom. The van der Waals surface area contributed by atoms with Gasteiger partial charge in [-0.25, -0.2) is 0 Å². The van der Waals surface area contributed by atoms with Crippen LogP contribution in [0.1, 0.15) is 310 Å². The van der Waals surface area contributed by atoms with E-state index < -0.39 is 6.10 Å². The van der Waals surface area contributed by atoms with Crippen molar-refractivity contribution in [2.45, 2.75) is 316 Å². The molecule has 0 aromatic heterocycles. The molecular weight excluding hydrogens is 841 g/mol. The van der Waals surface area contributed by atoms with Gasteiger partial charge in [-0.05, 0) is 57.8 Å². The van der Waals surface area contributed by atoms with E-state index in [1.807, 2.05) is 0 Å². The lowest BCUT2D eigenvalue weighted by atomic mass is 10.0. The summed E-state index contributed by atoms with van der Waals surface area (Å²) in [4.78, 5) is 37.9. The van der Waals surface area contributed by atoms with Crippen LogP contribution < -0.4 is 0 Å². The van der Waals surface area contributed by atoms with Crippen LogP contribution >= 0.6 is 0 Å². The van der Waals surface area contributed by atoms with E-state index in [1.165, 1.54) is 186 Å². The van der Waals surface area contributed by atoms with Gasteiger partial charge in [-0.3, -0.25) is 14.4 Å². The monoisotopic (exact) mass is 953 g/mol. The van der Waals surface area contributed by atoms with Crippen molar-refractivity contribution in [3.05, 3.63) is 48.6 Å². The maximum absolute atomic E-state index is 12.8. The molecule has 0 heterocycles. The van der Waals surface area contributed by atoms with Gasteiger partial charge in [0.1, 0.15) is 13.2 Å². The summed E-state index contributed by atoms with van der Waals surface area (Å²) >= 11 is 0. The van der Waals surface area contributed by atoms with Crippen molar-refractivity contribution in [3.8, 4) is 0 Å². The van der Waals surface area contributed by atoms with Crippen LogP contribution in [0.4, 0.5) is 0 Å². The van der Waals surface area contributed by atoms with E-state index in [0.29, 0.717) is 19.3 Å². The van der Waals surface area contributed by atoms with Crippen LogP contribution in [0.5, 0.6) is 0 Å². The molecule has 0 rings (SSSR count). The van der Waals surface area contributed by atoms with E-state index in [1.54, 1.807) is 0 Å². The molecule has 1 unspecified atom stereocenters. The third kappa shape index (κ3) is 54.3. The summed E-state index contributed by atoms with van der Waals surface area (Å²) in [6.45, 7) is 6.48. The van der Waals surface area contributed by atoms with E-state index in [4.69, 9.17) is 14.2 Å². The quantitative estimate of drug-likeness (QED) is 0.0262. The Bertz CT molecular complexity index is 1190. The average molecular weight is 954 g/mol. The molecule has 0 fully saturated rings. The SMILES string of the molecule is CC/C=C\C/C=C\C/C=C\C/C=C\CCCCC(=O)OC(COC(=O)CCCCCCCCC)COC(=O)CCCCCCCCCCCCCCCCCCCCCCCCCCCCCC. The van der Waals surface area contributed by atoms with Gasteiger partial charge in [0.15, 0.2) is 6.10 Å². The average Bonchev–Trinajstić information content (AvgIpc) is 3.34. The topological polar surface area (TPSA) is 78.9 Å². The molecule has 6 nitrogen and oxygen atoms in total. The molecule has 0 amide bonds. The van der Waals surface area contributed by atoms with Crippen molar-refractivity contribution in [2.75, 3.05) is 13.2 Å². The van der Waals surface area contributed by atoms with Gasteiger partial charge in [0.05, 0.1) is 0 Å². The highest BCUT2D eigenvalue weighted by atomic mass is 16.6. The molecule has 0 aliphatic carbocycles. The summed E-state index contributed by atoms with van der Waals surface area (Å²) in [5, 5.41) is 0. The van der Waals surface area contributed by atoms with Crippen LogP contribution in [-0.2, 0) is 28.6 Å². The van der Waals surface area contributed by atoms with Gasteiger partial charge < -0.3 is 14.2 Å². The smallest absolute Gasteiger partial charge is 0.306 e. The molecule has 0 radical (unpaired) electrons. The van der Waals surface area contributed by atoms with Crippen LogP contribution in [0, 0.1) is 0 Å². The number of allylic oxidation sites excluding steroid dienone is 8. The maximum atomic E-state index is 12.8. The van der Waals surface area contributed by atoms with Crippen LogP contribution in [0.25, 0.3) is 0 Å². The van der Waals surface area contributed by atoms with Gasteiger partial charge in [0, 0.05) is 19.3 Å². The van der Waals surface area contributed by atoms with E-state index >= 15 is 0 Å². The van der Waals surface area contributed by atoms with Crippen LogP contribution in [0.15, 0.2) is 48.6 Å². The standard InChI is InChI=1S/C62H112O6/c1-4-7-10-13-16-18-20-22-24-25-26-27-28-29-30-31-32-33-34-35-36-38-39-41-43-46-49-52-55-61(64)67-58-59(57-66-60(63)54-51-48-45-15-12-9-6-3)68-62(65)56-53-50-47-44-42-40-37-23-21-19-17-14-11-8-5-2/h8,11,17,19,23,37,42,44,59H,4-7,9-10,12-16,18,20-22,24-36,38-41,43,45-58H2,1-3H3/b11-8-,19-17-,37-23-,44-42-. The molecule has 0 aliphatic rings. The van der Waals surface area contributed by atoms with Crippen molar-refractivity contribution < 1.29 is 28.6 Å². The summed E-state index contributed by atoms with van der Waals surface area (Å²) in [5.41, 5.74) is 0. The zero-order chi connectivity index (χ0) is 49.3. The fraction of sp³-hybridized carbons (Fsp3) is 0.823. The maximum Gasteiger partial charge on any atom is 0.306 e. The third-order valence-electron chi connectivity index (χ3n) is 13.1. The summed E-state index contributed by atoms with van der Waals surface area (Å²) in [6, 6.07) is 0. The number of rotatable bonds is 54. The van der Waals surface area contributed by atoms with Crippen LogP contribution in [0.3, 0.4) is 0 Å². The molecule has 0 bridgehead atoms. The largest absolute Gasteiger partial charge is 0.462 e. The van der Waals surface area contributed by atoms with E-state index in [9.17, 15) is 14.4 Å². The lowest BCUT2D eigenvalue weighted by molar-refractivity contribution is -0.167. The highest BCUT2D eigenvalue weighted by Gasteiger charge is 2.19. The Morgan fingerprint density at radius 3 is 0.897 bits per heavy atom.